The average Bonchev–Trinajstić information content (AvgIpc) is 2.51. The van der Waals surface area contributed by atoms with Crippen molar-refractivity contribution in [2.24, 2.45) is 4.99 Å². The van der Waals surface area contributed by atoms with Gasteiger partial charge in [0, 0.05) is 13.6 Å². The maximum atomic E-state index is 10.2. The fourth-order valence-electron chi connectivity index (χ4n) is 2.55. The third-order valence-corrected chi connectivity index (χ3v) is 4.28. The summed E-state index contributed by atoms with van der Waals surface area (Å²) in [5.74, 6) is 1.74. The van der Waals surface area contributed by atoms with E-state index in [1.807, 2.05) is 50.1 Å². The summed E-state index contributed by atoms with van der Waals surface area (Å²) in [7, 11) is 1.99. The van der Waals surface area contributed by atoms with Gasteiger partial charge in [0.15, 0.2) is 5.96 Å². The molecular weight excluding hydrogens is 417 g/mol. The Bertz CT molecular complexity index is 533. The molecule has 0 aromatic heterocycles. The van der Waals surface area contributed by atoms with Crippen molar-refractivity contribution in [3.05, 3.63) is 29.8 Å². The summed E-state index contributed by atoms with van der Waals surface area (Å²) in [4.78, 5) is 6.62. The molecule has 136 valence electrons. The minimum absolute atomic E-state index is 0. The first-order chi connectivity index (χ1) is 11.0. The summed E-state index contributed by atoms with van der Waals surface area (Å²) < 4.78 is 5.84. The van der Waals surface area contributed by atoms with Crippen molar-refractivity contribution in [3.8, 4) is 5.75 Å². The third-order valence-electron chi connectivity index (χ3n) is 4.28. The second kappa shape index (κ2) is 10.1. The van der Waals surface area contributed by atoms with E-state index < -0.39 is 5.60 Å². The zero-order valence-corrected chi connectivity index (χ0v) is 17.2. The second-order valence-corrected chi connectivity index (χ2v) is 6.28. The third kappa shape index (κ3) is 6.12. The van der Waals surface area contributed by atoms with Crippen molar-refractivity contribution in [2.75, 3.05) is 33.3 Å². The number of aryl methyl sites for hydroxylation is 1. The van der Waals surface area contributed by atoms with Crippen LogP contribution in [0.2, 0.25) is 0 Å². The number of ether oxygens (including phenoxy) is 1. The van der Waals surface area contributed by atoms with Gasteiger partial charge in [-0.1, -0.05) is 18.2 Å². The Labute approximate surface area is 162 Å². The highest BCUT2D eigenvalue weighted by molar-refractivity contribution is 14.0. The lowest BCUT2D eigenvalue weighted by atomic mass is 9.80. The van der Waals surface area contributed by atoms with E-state index in [1.54, 1.807) is 0 Å². The molecule has 1 aromatic rings. The Kier molecular flexibility index (Phi) is 8.83. The summed E-state index contributed by atoms with van der Waals surface area (Å²) in [5, 5.41) is 13.5. The lowest BCUT2D eigenvalue weighted by Crippen LogP contribution is -2.44. The molecule has 5 nitrogen and oxygen atoms in total. The summed E-state index contributed by atoms with van der Waals surface area (Å²) in [6.45, 7) is 6.70. The topological polar surface area (TPSA) is 57.1 Å². The number of hydrogen-bond donors (Lipinski definition) is 2. The van der Waals surface area contributed by atoms with Crippen LogP contribution in [0.5, 0.6) is 5.75 Å². The Morgan fingerprint density at radius 1 is 1.38 bits per heavy atom. The number of benzene rings is 1. The van der Waals surface area contributed by atoms with Gasteiger partial charge in [0.1, 0.15) is 12.4 Å². The van der Waals surface area contributed by atoms with Crippen molar-refractivity contribution < 1.29 is 9.84 Å². The molecule has 0 radical (unpaired) electrons. The molecule has 0 atom stereocenters. The molecule has 1 fully saturated rings. The number of aliphatic hydroxyl groups is 1. The molecule has 0 heterocycles. The Morgan fingerprint density at radius 3 is 2.67 bits per heavy atom. The number of aliphatic imine (C=N–C) groups is 1. The number of guanidine groups is 1. The Morgan fingerprint density at radius 2 is 2.08 bits per heavy atom. The molecule has 0 amide bonds. The first-order valence-corrected chi connectivity index (χ1v) is 8.44. The minimum Gasteiger partial charge on any atom is -0.491 e. The summed E-state index contributed by atoms with van der Waals surface area (Å²) in [6, 6.07) is 8.02. The highest BCUT2D eigenvalue weighted by Crippen LogP contribution is 2.31. The molecule has 1 aliphatic carbocycles. The van der Waals surface area contributed by atoms with Gasteiger partial charge in [0.2, 0.25) is 0 Å². The van der Waals surface area contributed by atoms with Gasteiger partial charge in [-0.2, -0.15) is 0 Å². The molecule has 0 saturated heterocycles. The van der Waals surface area contributed by atoms with Crippen molar-refractivity contribution in [1.82, 2.24) is 10.2 Å². The number of para-hydroxylation sites is 1. The van der Waals surface area contributed by atoms with Gasteiger partial charge in [-0.15, -0.1) is 24.0 Å². The molecule has 2 N–H and O–H groups in total. The molecule has 1 saturated carbocycles. The van der Waals surface area contributed by atoms with E-state index in [9.17, 15) is 5.11 Å². The summed E-state index contributed by atoms with van der Waals surface area (Å²) in [6.07, 6.45) is 2.81. The normalized spacial score (nSPS) is 15.9. The molecule has 0 bridgehead atoms. The quantitative estimate of drug-likeness (QED) is 0.384. The van der Waals surface area contributed by atoms with Gasteiger partial charge in [-0.05, 0) is 44.7 Å². The zero-order valence-electron chi connectivity index (χ0n) is 14.9. The molecule has 24 heavy (non-hydrogen) atoms. The van der Waals surface area contributed by atoms with E-state index in [0.29, 0.717) is 13.2 Å². The van der Waals surface area contributed by atoms with Gasteiger partial charge in [-0.3, -0.25) is 4.99 Å². The van der Waals surface area contributed by atoms with E-state index in [1.165, 1.54) is 0 Å². The number of halogens is 1. The van der Waals surface area contributed by atoms with E-state index in [-0.39, 0.29) is 24.0 Å². The molecule has 1 aromatic carbocycles. The molecular formula is C18H30IN3O2. The molecule has 0 spiro atoms. The molecule has 0 unspecified atom stereocenters. The predicted octanol–water partition coefficient (Wildman–Crippen LogP) is 2.80. The number of likely N-dealkylation sites (N-methyl/N-ethyl adjacent to an activating group) is 1. The standard InChI is InChI=1S/C18H29N3O2.HI/c1-4-19-17(20-14-18(22)10-7-11-18)21(3)12-13-23-16-9-6-5-8-15(16)2;/h5-6,8-9,22H,4,7,10-14H2,1-3H3,(H,19,20);1H. The highest BCUT2D eigenvalue weighted by Gasteiger charge is 2.34. The van der Waals surface area contributed by atoms with Crippen LogP contribution in [0, 0.1) is 6.92 Å². The Balaban J connectivity index is 0.00000288. The lowest BCUT2D eigenvalue weighted by Gasteiger charge is -2.35. The van der Waals surface area contributed by atoms with Crippen LogP contribution in [0.3, 0.4) is 0 Å². The predicted molar refractivity (Wildman–Crippen MR) is 109 cm³/mol. The van der Waals surface area contributed by atoms with Gasteiger partial charge in [0.25, 0.3) is 0 Å². The van der Waals surface area contributed by atoms with Crippen molar-refractivity contribution in [3.63, 3.8) is 0 Å². The van der Waals surface area contributed by atoms with Crippen molar-refractivity contribution >= 4 is 29.9 Å². The van der Waals surface area contributed by atoms with Crippen LogP contribution in [0.15, 0.2) is 29.3 Å². The summed E-state index contributed by atoms with van der Waals surface area (Å²) in [5.41, 5.74) is 0.557. The van der Waals surface area contributed by atoms with Crippen LogP contribution in [0.1, 0.15) is 31.7 Å². The fraction of sp³-hybridized carbons (Fsp3) is 0.611. The highest BCUT2D eigenvalue weighted by atomic mass is 127. The number of rotatable bonds is 7. The van der Waals surface area contributed by atoms with E-state index in [2.05, 4.69) is 10.3 Å². The van der Waals surface area contributed by atoms with Crippen LogP contribution in [-0.4, -0.2) is 54.9 Å². The molecule has 0 aliphatic heterocycles. The molecule has 6 heteroatoms. The largest absolute Gasteiger partial charge is 0.491 e. The SMILES string of the molecule is CCNC(=NCC1(O)CCC1)N(C)CCOc1ccccc1C.I. The number of hydrogen-bond acceptors (Lipinski definition) is 3. The minimum atomic E-state index is -0.584. The smallest absolute Gasteiger partial charge is 0.193 e. The lowest BCUT2D eigenvalue weighted by molar-refractivity contribution is -0.0237. The Hall–Kier alpha value is -1.02. The van der Waals surface area contributed by atoms with Crippen molar-refractivity contribution in [1.29, 1.82) is 0 Å². The van der Waals surface area contributed by atoms with Gasteiger partial charge >= 0.3 is 0 Å². The molecule has 1 aliphatic rings. The van der Waals surface area contributed by atoms with Crippen molar-refractivity contribution in [2.45, 2.75) is 38.7 Å². The van der Waals surface area contributed by atoms with Crippen LogP contribution in [0.25, 0.3) is 0 Å². The fourth-order valence-corrected chi connectivity index (χ4v) is 2.55. The van der Waals surface area contributed by atoms with E-state index in [0.717, 1.165) is 49.6 Å². The number of nitrogens with zero attached hydrogens (tertiary/aromatic N) is 2. The number of nitrogens with one attached hydrogen (secondary N) is 1. The maximum absolute atomic E-state index is 10.2. The van der Waals surface area contributed by atoms with Crippen LogP contribution < -0.4 is 10.1 Å². The van der Waals surface area contributed by atoms with Gasteiger partial charge in [-0.25, -0.2) is 0 Å². The first kappa shape index (κ1) is 21.0. The van der Waals surface area contributed by atoms with Crippen LogP contribution in [-0.2, 0) is 0 Å². The second-order valence-electron chi connectivity index (χ2n) is 6.28. The summed E-state index contributed by atoms with van der Waals surface area (Å²) >= 11 is 0. The van der Waals surface area contributed by atoms with E-state index >= 15 is 0 Å². The average molecular weight is 447 g/mol. The van der Waals surface area contributed by atoms with Crippen LogP contribution >= 0.6 is 24.0 Å². The first-order valence-electron chi connectivity index (χ1n) is 8.44. The monoisotopic (exact) mass is 447 g/mol. The zero-order chi connectivity index (χ0) is 16.7. The van der Waals surface area contributed by atoms with Gasteiger partial charge in [0.05, 0.1) is 18.7 Å². The molecule has 2 rings (SSSR count). The van der Waals surface area contributed by atoms with Crippen LogP contribution in [0.4, 0.5) is 0 Å². The van der Waals surface area contributed by atoms with E-state index in [4.69, 9.17) is 4.74 Å². The van der Waals surface area contributed by atoms with Gasteiger partial charge < -0.3 is 20.1 Å². The maximum Gasteiger partial charge on any atom is 0.193 e.